The summed E-state index contributed by atoms with van der Waals surface area (Å²) in [5, 5.41) is 0. The van der Waals surface area contributed by atoms with E-state index in [2.05, 4.69) is 0 Å². The zero-order valence-corrected chi connectivity index (χ0v) is 21.7. The van der Waals surface area contributed by atoms with Crippen LogP contribution >= 0.6 is 0 Å². The molecule has 1 amide bonds. The summed E-state index contributed by atoms with van der Waals surface area (Å²) in [5.41, 5.74) is 6.27. The van der Waals surface area contributed by atoms with Gasteiger partial charge in [0.1, 0.15) is 17.3 Å². The number of carbonyl (C=O) groups is 1. The Hall–Kier alpha value is -4.41. The molecule has 1 aromatic heterocycles. The molecule has 0 saturated carbocycles. The van der Waals surface area contributed by atoms with Crippen LogP contribution in [0.3, 0.4) is 0 Å². The van der Waals surface area contributed by atoms with E-state index in [0.717, 1.165) is 26.8 Å². The topological polar surface area (TPSA) is 93.6 Å². The van der Waals surface area contributed by atoms with E-state index in [1.165, 1.54) is 17.2 Å². The van der Waals surface area contributed by atoms with Crippen LogP contribution in [-0.4, -0.2) is 39.6 Å². The first kappa shape index (κ1) is 27.2. The Morgan fingerprint density at radius 2 is 1.45 bits per heavy atom. The van der Waals surface area contributed by atoms with Crippen molar-refractivity contribution in [3.63, 3.8) is 0 Å². The fourth-order valence-corrected chi connectivity index (χ4v) is 4.91. The zero-order chi connectivity index (χ0) is 28.2. The van der Waals surface area contributed by atoms with E-state index in [9.17, 15) is 23.2 Å². The van der Waals surface area contributed by atoms with Crippen LogP contribution in [0.4, 0.5) is 14.5 Å². The number of aromatic nitrogens is 2. The summed E-state index contributed by atoms with van der Waals surface area (Å²) < 4.78 is 31.0. The number of piperazine rings is 1. The second-order valence-corrected chi connectivity index (χ2v) is 9.80. The van der Waals surface area contributed by atoms with Gasteiger partial charge in [-0.3, -0.25) is 23.6 Å². The highest BCUT2D eigenvalue weighted by Gasteiger charge is 2.29. The number of nitrogens with zero attached hydrogens (tertiary/aromatic N) is 4. The van der Waals surface area contributed by atoms with Gasteiger partial charge >= 0.3 is 5.69 Å². The fraction of sp³-hybridized carbons (Fsp3) is 0.233. The Balaban J connectivity index is 1.50. The van der Waals surface area contributed by atoms with E-state index in [-0.39, 0.29) is 36.8 Å². The van der Waals surface area contributed by atoms with Gasteiger partial charge in [-0.15, -0.1) is 0 Å². The summed E-state index contributed by atoms with van der Waals surface area (Å²) in [7, 11) is 0. The molecule has 0 aliphatic carbocycles. The van der Waals surface area contributed by atoms with Gasteiger partial charge < -0.3 is 10.6 Å². The van der Waals surface area contributed by atoms with Crippen molar-refractivity contribution in [3.8, 4) is 0 Å². The molecule has 1 saturated heterocycles. The van der Waals surface area contributed by atoms with Gasteiger partial charge in [0.25, 0.3) is 5.56 Å². The molecular weight excluding hydrogens is 516 g/mol. The molecule has 1 aliphatic heterocycles. The van der Waals surface area contributed by atoms with E-state index in [0.29, 0.717) is 18.7 Å². The minimum atomic E-state index is -0.821. The van der Waals surface area contributed by atoms with Crippen molar-refractivity contribution >= 4 is 11.6 Å². The Bertz CT molecular complexity index is 1600. The standard InChI is InChI=1S/C30H29F2N5O3/c31-24-12-7-13-25(32)23(24)17-35-19-27(29(39)37(30(35)40)18-26(33)22-10-5-2-6-11-22)36-15-14-34(20-28(36)38)16-21-8-3-1-4-9-21/h1-13,19,26H,14-18,20,33H2/t26-/m0/s1. The predicted octanol–water partition coefficient (Wildman–Crippen LogP) is 2.89. The second-order valence-electron chi connectivity index (χ2n) is 9.80. The predicted molar refractivity (Wildman–Crippen MR) is 148 cm³/mol. The third kappa shape index (κ3) is 5.78. The SMILES string of the molecule is N[C@@H](Cn1c(=O)c(N2CCN(Cc3ccccc3)CC2=O)cn(Cc2c(F)cccc2F)c1=O)c1ccccc1. The zero-order valence-electron chi connectivity index (χ0n) is 21.7. The second kappa shape index (κ2) is 11.8. The first-order chi connectivity index (χ1) is 19.3. The molecule has 40 heavy (non-hydrogen) atoms. The maximum Gasteiger partial charge on any atom is 0.331 e. The number of amides is 1. The lowest BCUT2D eigenvalue weighted by molar-refractivity contribution is -0.121. The number of hydrogen-bond acceptors (Lipinski definition) is 5. The van der Waals surface area contributed by atoms with Crippen LogP contribution in [0.2, 0.25) is 0 Å². The number of nitrogens with two attached hydrogens (primary N) is 1. The third-order valence-corrected chi connectivity index (χ3v) is 7.06. The third-order valence-electron chi connectivity index (χ3n) is 7.06. The van der Waals surface area contributed by atoms with E-state index < -0.39 is 35.5 Å². The van der Waals surface area contributed by atoms with Gasteiger partial charge in [-0.05, 0) is 23.3 Å². The molecule has 1 atom stereocenters. The molecule has 0 radical (unpaired) electrons. The van der Waals surface area contributed by atoms with Crippen molar-refractivity contribution in [3.05, 3.63) is 134 Å². The van der Waals surface area contributed by atoms with Crippen molar-refractivity contribution in [2.24, 2.45) is 5.73 Å². The van der Waals surface area contributed by atoms with Gasteiger partial charge in [-0.1, -0.05) is 66.7 Å². The minimum Gasteiger partial charge on any atom is -0.322 e. The lowest BCUT2D eigenvalue weighted by Crippen LogP contribution is -2.53. The lowest BCUT2D eigenvalue weighted by atomic mass is 10.1. The molecule has 0 bridgehead atoms. The number of hydrogen-bond donors (Lipinski definition) is 1. The number of anilines is 1. The summed E-state index contributed by atoms with van der Waals surface area (Å²) in [6.07, 6.45) is 1.21. The largest absolute Gasteiger partial charge is 0.331 e. The van der Waals surface area contributed by atoms with Crippen molar-refractivity contribution in [1.82, 2.24) is 14.0 Å². The molecular formula is C30H29F2N5O3. The first-order valence-corrected chi connectivity index (χ1v) is 13.0. The summed E-state index contributed by atoms with van der Waals surface area (Å²) in [6.45, 7) is 0.689. The van der Waals surface area contributed by atoms with Gasteiger partial charge in [-0.25, -0.2) is 13.6 Å². The maximum absolute atomic E-state index is 14.5. The Labute approximate surface area is 229 Å². The monoisotopic (exact) mass is 545 g/mol. The van der Waals surface area contributed by atoms with Crippen LogP contribution in [0.1, 0.15) is 22.7 Å². The molecule has 1 fully saturated rings. The normalized spacial score (nSPS) is 14.9. The van der Waals surface area contributed by atoms with Gasteiger partial charge in [0.15, 0.2) is 0 Å². The fourth-order valence-electron chi connectivity index (χ4n) is 4.91. The molecule has 2 N–H and O–H groups in total. The Kier molecular flexibility index (Phi) is 7.99. The van der Waals surface area contributed by atoms with Crippen LogP contribution in [0.15, 0.2) is 94.6 Å². The van der Waals surface area contributed by atoms with Crippen molar-refractivity contribution in [2.75, 3.05) is 24.5 Å². The van der Waals surface area contributed by atoms with E-state index >= 15 is 0 Å². The quantitative estimate of drug-likeness (QED) is 0.368. The van der Waals surface area contributed by atoms with Crippen LogP contribution in [0.5, 0.6) is 0 Å². The van der Waals surface area contributed by atoms with E-state index in [4.69, 9.17) is 5.73 Å². The summed E-state index contributed by atoms with van der Waals surface area (Å²) in [5.74, 6) is -1.96. The highest BCUT2D eigenvalue weighted by atomic mass is 19.1. The van der Waals surface area contributed by atoms with Gasteiger partial charge in [0.2, 0.25) is 5.91 Å². The minimum absolute atomic E-state index is 0.0408. The highest BCUT2D eigenvalue weighted by Crippen LogP contribution is 2.18. The van der Waals surface area contributed by atoms with Crippen molar-refractivity contribution in [2.45, 2.75) is 25.7 Å². The van der Waals surface area contributed by atoms with Crippen molar-refractivity contribution in [1.29, 1.82) is 0 Å². The summed E-state index contributed by atoms with van der Waals surface area (Å²) in [6, 6.07) is 21.4. The number of halogens is 2. The van der Waals surface area contributed by atoms with Crippen LogP contribution in [-0.2, 0) is 24.4 Å². The average Bonchev–Trinajstić information content (AvgIpc) is 2.95. The smallest absolute Gasteiger partial charge is 0.322 e. The van der Waals surface area contributed by atoms with Crippen molar-refractivity contribution < 1.29 is 13.6 Å². The summed E-state index contributed by atoms with van der Waals surface area (Å²) in [4.78, 5) is 43.7. The van der Waals surface area contributed by atoms with Gasteiger partial charge in [0, 0.05) is 37.4 Å². The first-order valence-electron chi connectivity index (χ1n) is 13.0. The Morgan fingerprint density at radius 1 is 0.800 bits per heavy atom. The Morgan fingerprint density at radius 3 is 2.10 bits per heavy atom. The molecule has 2 heterocycles. The van der Waals surface area contributed by atoms with Crippen LogP contribution in [0, 0.1) is 11.6 Å². The van der Waals surface area contributed by atoms with Gasteiger partial charge in [-0.2, -0.15) is 0 Å². The van der Waals surface area contributed by atoms with Gasteiger partial charge in [0.05, 0.1) is 19.6 Å². The van der Waals surface area contributed by atoms with Crippen LogP contribution in [0.25, 0.3) is 0 Å². The number of rotatable bonds is 8. The molecule has 0 spiro atoms. The van der Waals surface area contributed by atoms with Crippen LogP contribution < -0.4 is 21.9 Å². The highest BCUT2D eigenvalue weighted by molar-refractivity contribution is 5.95. The molecule has 3 aromatic carbocycles. The lowest BCUT2D eigenvalue weighted by Gasteiger charge is -2.34. The summed E-state index contributed by atoms with van der Waals surface area (Å²) >= 11 is 0. The molecule has 206 valence electrons. The molecule has 8 nitrogen and oxygen atoms in total. The number of carbonyl (C=O) groups excluding carboxylic acids is 1. The average molecular weight is 546 g/mol. The van der Waals surface area contributed by atoms with E-state index in [1.54, 1.807) is 24.3 Å². The maximum atomic E-state index is 14.5. The number of benzene rings is 3. The molecule has 5 rings (SSSR count). The molecule has 0 unspecified atom stereocenters. The molecule has 4 aromatic rings. The molecule has 10 heteroatoms. The van der Waals surface area contributed by atoms with E-state index in [1.807, 2.05) is 41.3 Å². The molecule has 1 aliphatic rings.